The van der Waals surface area contributed by atoms with Crippen LogP contribution in [0.4, 0.5) is 0 Å². The van der Waals surface area contributed by atoms with Crippen LogP contribution in [0.2, 0.25) is 0 Å². The van der Waals surface area contributed by atoms with E-state index in [2.05, 4.69) is 21.9 Å². The number of fused-ring (bicyclic) bond motifs is 1. The molecule has 0 saturated carbocycles. The van der Waals surface area contributed by atoms with Gasteiger partial charge in [-0.2, -0.15) is 4.98 Å². The first-order chi connectivity index (χ1) is 6.33. The first-order valence-corrected chi connectivity index (χ1v) is 4.21. The van der Waals surface area contributed by atoms with Crippen LogP contribution in [0.25, 0.3) is 11.2 Å². The average molecular weight is 178 g/mol. The minimum atomic E-state index is -0.250. The number of nitrogens with zero attached hydrogens (tertiary/aromatic N) is 3. The van der Waals surface area contributed by atoms with Gasteiger partial charge < -0.3 is 9.55 Å². The number of aromatic nitrogens is 4. The van der Waals surface area contributed by atoms with Crippen molar-refractivity contribution in [1.29, 1.82) is 0 Å². The largest absolute Gasteiger partial charge is 0.339 e. The van der Waals surface area contributed by atoms with E-state index in [1.165, 1.54) is 12.7 Å². The molecule has 0 spiro atoms. The Morgan fingerprint density at radius 1 is 1.54 bits per heavy atom. The van der Waals surface area contributed by atoms with Crippen LogP contribution in [0.3, 0.4) is 0 Å². The number of hydrogen-bond donors (Lipinski definition) is 1. The predicted molar refractivity (Wildman–Crippen MR) is 48.4 cm³/mol. The summed E-state index contributed by atoms with van der Waals surface area (Å²) < 4.78 is 1.87. The fraction of sp³-hybridized carbons (Fsp3) is 0.375. The Kier molecular flexibility index (Phi) is 1.84. The molecule has 13 heavy (non-hydrogen) atoms. The van der Waals surface area contributed by atoms with Gasteiger partial charge in [0.1, 0.15) is 6.33 Å². The number of hydrogen-bond acceptors (Lipinski definition) is 3. The lowest BCUT2D eigenvalue weighted by Gasteiger charge is -2.02. The van der Waals surface area contributed by atoms with Crippen LogP contribution in [0, 0.1) is 0 Å². The van der Waals surface area contributed by atoms with Gasteiger partial charge in [-0.1, -0.05) is 6.92 Å². The molecule has 0 aliphatic heterocycles. The lowest BCUT2D eigenvalue weighted by molar-refractivity contribution is 0.678. The van der Waals surface area contributed by atoms with Crippen molar-refractivity contribution in [3.05, 3.63) is 23.0 Å². The lowest BCUT2D eigenvalue weighted by atomic mass is 10.4. The van der Waals surface area contributed by atoms with Gasteiger partial charge in [-0.15, -0.1) is 0 Å². The normalized spacial score (nSPS) is 10.8. The molecule has 2 rings (SSSR count). The van der Waals surface area contributed by atoms with Crippen LogP contribution in [0.1, 0.15) is 13.3 Å². The Morgan fingerprint density at radius 2 is 2.38 bits per heavy atom. The molecule has 0 aliphatic rings. The summed E-state index contributed by atoms with van der Waals surface area (Å²) in [7, 11) is 0. The van der Waals surface area contributed by atoms with Crippen molar-refractivity contribution < 1.29 is 0 Å². The summed E-state index contributed by atoms with van der Waals surface area (Å²) in [4.78, 5) is 21.8. The average Bonchev–Trinajstić information content (AvgIpc) is 2.59. The highest BCUT2D eigenvalue weighted by molar-refractivity contribution is 5.68. The minimum Gasteiger partial charge on any atom is -0.339 e. The number of aromatic amines is 1. The highest BCUT2D eigenvalue weighted by atomic mass is 16.1. The highest BCUT2D eigenvalue weighted by Crippen LogP contribution is 2.02. The standard InChI is InChI=1S/C8H10N4O/c1-2-3-12-5-11-8(13)6-7(12)10-4-9-6/h4-5H,2-3H2,1H3,(H,9,10). The summed E-state index contributed by atoms with van der Waals surface area (Å²) in [5.41, 5.74) is 0.914. The van der Waals surface area contributed by atoms with Crippen LogP contribution in [0.5, 0.6) is 0 Å². The molecule has 0 saturated heterocycles. The van der Waals surface area contributed by atoms with E-state index in [0.717, 1.165) is 13.0 Å². The molecule has 2 aromatic rings. The Hall–Kier alpha value is -1.65. The molecule has 0 atom stereocenters. The molecule has 0 unspecified atom stereocenters. The maximum atomic E-state index is 11.2. The topological polar surface area (TPSA) is 63.6 Å². The molecule has 0 aliphatic carbocycles. The minimum absolute atomic E-state index is 0.250. The summed E-state index contributed by atoms with van der Waals surface area (Å²) in [6.07, 6.45) is 4.04. The van der Waals surface area contributed by atoms with Gasteiger partial charge in [0.25, 0.3) is 5.56 Å². The second kappa shape index (κ2) is 3.01. The van der Waals surface area contributed by atoms with Crippen molar-refractivity contribution in [2.45, 2.75) is 19.9 Å². The van der Waals surface area contributed by atoms with Crippen molar-refractivity contribution >= 4 is 11.2 Å². The molecule has 0 amide bonds. The Bertz CT molecular complexity index is 470. The summed E-state index contributed by atoms with van der Waals surface area (Å²) in [5.74, 6) is 0. The fourth-order valence-corrected chi connectivity index (χ4v) is 1.31. The van der Waals surface area contributed by atoms with E-state index >= 15 is 0 Å². The van der Waals surface area contributed by atoms with E-state index in [-0.39, 0.29) is 5.56 Å². The number of aryl methyl sites for hydroxylation is 1. The van der Waals surface area contributed by atoms with Gasteiger partial charge in [0.05, 0.1) is 6.33 Å². The maximum Gasteiger partial charge on any atom is 0.298 e. The van der Waals surface area contributed by atoms with Crippen molar-refractivity contribution in [2.24, 2.45) is 0 Å². The Balaban J connectivity index is 2.71. The van der Waals surface area contributed by atoms with Crippen LogP contribution in [-0.4, -0.2) is 19.5 Å². The van der Waals surface area contributed by atoms with E-state index in [0.29, 0.717) is 11.2 Å². The predicted octanol–water partition coefficient (Wildman–Crippen LogP) is 0.530. The zero-order valence-electron chi connectivity index (χ0n) is 7.32. The van der Waals surface area contributed by atoms with E-state index in [4.69, 9.17) is 0 Å². The number of rotatable bonds is 2. The summed E-state index contributed by atoms with van der Waals surface area (Å²) >= 11 is 0. The van der Waals surface area contributed by atoms with E-state index in [1.54, 1.807) is 0 Å². The summed E-state index contributed by atoms with van der Waals surface area (Å²) in [5, 5.41) is 0. The third-order valence-electron chi connectivity index (χ3n) is 1.88. The molecule has 1 N–H and O–H groups in total. The lowest BCUT2D eigenvalue weighted by Crippen LogP contribution is -2.12. The summed E-state index contributed by atoms with van der Waals surface area (Å²) in [6, 6.07) is 0. The molecule has 0 fully saturated rings. The van der Waals surface area contributed by atoms with Crippen LogP contribution < -0.4 is 5.56 Å². The number of nitrogens with one attached hydrogen (secondary N) is 1. The van der Waals surface area contributed by atoms with E-state index in [1.807, 2.05) is 4.57 Å². The molecule has 0 bridgehead atoms. The van der Waals surface area contributed by atoms with Gasteiger partial charge >= 0.3 is 0 Å². The first-order valence-electron chi connectivity index (χ1n) is 4.21. The van der Waals surface area contributed by atoms with Gasteiger partial charge in [0.2, 0.25) is 0 Å². The van der Waals surface area contributed by atoms with Crippen molar-refractivity contribution in [3.8, 4) is 0 Å². The van der Waals surface area contributed by atoms with Gasteiger partial charge in [0.15, 0.2) is 11.2 Å². The highest BCUT2D eigenvalue weighted by Gasteiger charge is 2.04. The molecule has 5 heteroatoms. The van der Waals surface area contributed by atoms with E-state index in [9.17, 15) is 4.79 Å². The quantitative estimate of drug-likeness (QED) is 0.729. The number of H-pyrrole nitrogens is 1. The van der Waals surface area contributed by atoms with Crippen LogP contribution in [0.15, 0.2) is 17.4 Å². The van der Waals surface area contributed by atoms with Gasteiger partial charge in [-0.25, -0.2) is 4.98 Å². The third kappa shape index (κ3) is 1.22. The Labute approximate surface area is 74.4 Å². The SMILES string of the molecule is CCCn1cnc(=O)c2[nH]cnc21. The van der Waals surface area contributed by atoms with Crippen molar-refractivity contribution in [1.82, 2.24) is 19.5 Å². The molecule has 0 aromatic carbocycles. The number of imidazole rings is 1. The second-order valence-electron chi connectivity index (χ2n) is 2.84. The molecule has 68 valence electrons. The summed E-state index contributed by atoms with van der Waals surface area (Å²) in [6.45, 7) is 2.89. The van der Waals surface area contributed by atoms with Crippen LogP contribution in [-0.2, 0) is 6.54 Å². The molecular formula is C8H10N4O. The fourth-order valence-electron chi connectivity index (χ4n) is 1.31. The molecule has 5 nitrogen and oxygen atoms in total. The van der Waals surface area contributed by atoms with Crippen molar-refractivity contribution in [3.63, 3.8) is 0 Å². The monoisotopic (exact) mass is 178 g/mol. The van der Waals surface area contributed by atoms with Gasteiger partial charge in [-0.3, -0.25) is 4.79 Å². The van der Waals surface area contributed by atoms with Crippen molar-refractivity contribution in [2.75, 3.05) is 0 Å². The smallest absolute Gasteiger partial charge is 0.298 e. The molecular weight excluding hydrogens is 168 g/mol. The van der Waals surface area contributed by atoms with Crippen LogP contribution >= 0.6 is 0 Å². The maximum absolute atomic E-state index is 11.2. The third-order valence-corrected chi connectivity index (χ3v) is 1.88. The Morgan fingerprint density at radius 3 is 3.15 bits per heavy atom. The molecule has 0 radical (unpaired) electrons. The molecule has 2 aromatic heterocycles. The molecule has 2 heterocycles. The van der Waals surface area contributed by atoms with Gasteiger partial charge in [0, 0.05) is 6.54 Å². The van der Waals surface area contributed by atoms with Gasteiger partial charge in [-0.05, 0) is 6.42 Å². The second-order valence-corrected chi connectivity index (χ2v) is 2.84. The van der Waals surface area contributed by atoms with E-state index < -0.39 is 0 Å². The zero-order valence-corrected chi connectivity index (χ0v) is 7.32. The first kappa shape index (κ1) is 7.97. The zero-order chi connectivity index (χ0) is 9.26.